The molecular weight excluding hydrogens is 383 g/mol. The molecule has 0 saturated heterocycles. The molecule has 26 heavy (non-hydrogen) atoms. The lowest BCUT2D eigenvalue weighted by atomic mass is 10.2. The lowest BCUT2D eigenvalue weighted by molar-refractivity contribution is 0.0696. The van der Waals surface area contributed by atoms with E-state index in [9.17, 15) is 17.6 Å². The number of halogens is 2. The van der Waals surface area contributed by atoms with Crippen molar-refractivity contribution in [1.82, 2.24) is 0 Å². The molecular formula is C17H18ClFN2O4S. The molecule has 0 atom stereocenters. The molecule has 0 unspecified atom stereocenters. The van der Waals surface area contributed by atoms with Gasteiger partial charge in [-0.3, -0.25) is 4.72 Å². The lowest BCUT2D eigenvalue weighted by Gasteiger charge is -2.21. The van der Waals surface area contributed by atoms with Crippen LogP contribution in [-0.2, 0) is 10.0 Å². The van der Waals surface area contributed by atoms with E-state index in [1.807, 2.05) is 13.8 Å². The number of carboxylic acids is 1. The van der Waals surface area contributed by atoms with Gasteiger partial charge >= 0.3 is 5.97 Å². The Hall–Kier alpha value is -2.32. The van der Waals surface area contributed by atoms with Crippen LogP contribution in [0.1, 0.15) is 24.2 Å². The van der Waals surface area contributed by atoms with Crippen molar-refractivity contribution in [3.8, 4) is 0 Å². The molecule has 0 aliphatic carbocycles. The van der Waals surface area contributed by atoms with Crippen LogP contribution in [0.3, 0.4) is 0 Å². The molecule has 0 fully saturated rings. The Labute approximate surface area is 156 Å². The zero-order chi connectivity index (χ0) is 19.5. The number of carboxylic acid groups (broad SMARTS) is 1. The van der Waals surface area contributed by atoms with Crippen molar-refractivity contribution in [2.45, 2.75) is 18.7 Å². The predicted octanol–water partition coefficient (Wildman–Crippen LogP) is 3.82. The molecule has 0 saturated carbocycles. The van der Waals surface area contributed by atoms with Crippen LogP contribution in [0.2, 0.25) is 5.02 Å². The van der Waals surface area contributed by atoms with E-state index in [4.69, 9.17) is 16.7 Å². The number of nitrogens with zero attached hydrogens (tertiary/aromatic N) is 1. The number of hydrogen-bond donors (Lipinski definition) is 2. The second kappa shape index (κ2) is 7.92. The predicted molar refractivity (Wildman–Crippen MR) is 99.2 cm³/mol. The molecule has 0 bridgehead atoms. The summed E-state index contributed by atoms with van der Waals surface area (Å²) in [5, 5.41) is 8.66. The van der Waals surface area contributed by atoms with Gasteiger partial charge in [-0.1, -0.05) is 11.6 Å². The molecule has 2 rings (SSSR count). The molecule has 0 aromatic heterocycles. The summed E-state index contributed by atoms with van der Waals surface area (Å²) in [6, 6.07) is 7.96. The van der Waals surface area contributed by atoms with Crippen molar-refractivity contribution >= 4 is 39.0 Å². The van der Waals surface area contributed by atoms with E-state index in [1.54, 1.807) is 24.3 Å². The highest BCUT2D eigenvalue weighted by Gasteiger charge is 2.23. The molecule has 140 valence electrons. The van der Waals surface area contributed by atoms with Crippen LogP contribution in [0.5, 0.6) is 0 Å². The van der Waals surface area contributed by atoms with Gasteiger partial charge < -0.3 is 10.0 Å². The van der Waals surface area contributed by atoms with Crippen LogP contribution >= 0.6 is 11.6 Å². The number of sulfonamides is 1. The van der Waals surface area contributed by atoms with Gasteiger partial charge in [0, 0.05) is 24.5 Å². The van der Waals surface area contributed by atoms with Crippen LogP contribution < -0.4 is 9.62 Å². The minimum Gasteiger partial charge on any atom is -0.478 e. The Balaban J connectivity index is 2.34. The molecule has 2 aromatic carbocycles. The summed E-state index contributed by atoms with van der Waals surface area (Å²) in [4.78, 5) is 12.4. The normalized spacial score (nSPS) is 11.2. The first-order valence-corrected chi connectivity index (χ1v) is 9.65. The van der Waals surface area contributed by atoms with Crippen LogP contribution in [0.25, 0.3) is 0 Å². The maximum atomic E-state index is 14.1. The number of anilines is 2. The van der Waals surface area contributed by atoms with E-state index in [0.717, 1.165) is 18.8 Å². The highest BCUT2D eigenvalue weighted by molar-refractivity contribution is 7.92. The summed E-state index contributed by atoms with van der Waals surface area (Å²) in [7, 11) is -4.32. The van der Waals surface area contributed by atoms with Crippen LogP contribution in [-0.4, -0.2) is 32.6 Å². The fraction of sp³-hybridized carbons (Fsp3) is 0.235. The number of carbonyl (C=O) groups is 1. The van der Waals surface area contributed by atoms with Gasteiger partial charge in [-0.05, 0) is 50.2 Å². The van der Waals surface area contributed by atoms with E-state index in [1.165, 1.54) is 0 Å². The standard InChI is InChI=1S/C17H18ClFN2O4S/c1-3-21(4-2)12-7-5-11(6-8-12)20-26(24,25)16-9-13(17(22)23)14(18)10-15(16)19/h5-10,20H,3-4H2,1-2H3,(H,22,23). The van der Waals surface area contributed by atoms with E-state index < -0.39 is 32.3 Å². The van der Waals surface area contributed by atoms with Crippen molar-refractivity contribution in [2.24, 2.45) is 0 Å². The van der Waals surface area contributed by atoms with E-state index in [-0.39, 0.29) is 10.7 Å². The lowest BCUT2D eigenvalue weighted by Crippen LogP contribution is -2.21. The Morgan fingerprint density at radius 3 is 2.27 bits per heavy atom. The quantitative estimate of drug-likeness (QED) is 0.737. The smallest absolute Gasteiger partial charge is 0.337 e. The van der Waals surface area contributed by atoms with Crippen molar-refractivity contribution in [3.05, 3.63) is 52.8 Å². The Morgan fingerprint density at radius 2 is 1.77 bits per heavy atom. The summed E-state index contributed by atoms with van der Waals surface area (Å²) in [6.45, 7) is 5.61. The maximum absolute atomic E-state index is 14.1. The fourth-order valence-electron chi connectivity index (χ4n) is 2.44. The molecule has 0 radical (unpaired) electrons. The van der Waals surface area contributed by atoms with Gasteiger partial charge in [0.25, 0.3) is 10.0 Å². The first kappa shape index (κ1) is 20.0. The second-order valence-electron chi connectivity index (χ2n) is 5.39. The summed E-state index contributed by atoms with van der Waals surface area (Å²) < 4.78 is 41.2. The number of benzene rings is 2. The largest absolute Gasteiger partial charge is 0.478 e. The molecule has 6 nitrogen and oxygen atoms in total. The molecule has 0 amide bonds. The molecule has 0 aliphatic heterocycles. The van der Waals surface area contributed by atoms with Crippen molar-refractivity contribution in [1.29, 1.82) is 0 Å². The third kappa shape index (κ3) is 4.25. The molecule has 9 heteroatoms. The van der Waals surface area contributed by atoms with Gasteiger partial charge in [0.1, 0.15) is 10.7 Å². The Morgan fingerprint density at radius 1 is 1.19 bits per heavy atom. The van der Waals surface area contributed by atoms with Crippen molar-refractivity contribution in [3.63, 3.8) is 0 Å². The SMILES string of the molecule is CCN(CC)c1ccc(NS(=O)(=O)c2cc(C(=O)O)c(Cl)cc2F)cc1. The molecule has 2 aromatic rings. The Bertz CT molecular complexity index is 913. The van der Waals surface area contributed by atoms with Crippen molar-refractivity contribution < 1.29 is 22.7 Å². The third-order valence-corrected chi connectivity index (χ3v) is 5.50. The van der Waals surface area contributed by atoms with Crippen molar-refractivity contribution in [2.75, 3.05) is 22.7 Å². The van der Waals surface area contributed by atoms with Crippen LogP contribution in [0.15, 0.2) is 41.3 Å². The van der Waals surface area contributed by atoms with E-state index in [2.05, 4.69) is 9.62 Å². The highest BCUT2D eigenvalue weighted by Crippen LogP contribution is 2.26. The van der Waals surface area contributed by atoms with Gasteiger partial charge in [-0.25, -0.2) is 17.6 Å². The fourth-order valence-corrected chi connectivity index (χ4v) is 3.81. The third-order valence-electron chi connectivity index (χ3n) is 3.79. The second-order valence-corrected chi connectivity index (χ2v) is 7.45. The number of nitrogens with one attached hydrogen (secondary N) is 1. The number of hydrogen-bond acceptors (Lipinski definition) is 4. The minimum atomic E-state index is -4.32. The van der Waals surface area contributed by atoms with Gasteiger partial charge in [0.2, 0.25) is 0 Å². The topological polar surface area (TPSA) is 86.7 Å². The van der Waals surface area contributed by atoms with Gasteiger partial charge in [-0.15, -0.1) is 0 Å². The average molecular weight is 401 g/mol. The summed E-state index contributed by atoms with van der Waals surface area (Å²) in [6.07, 6.45) is 0. The highest BCUT2D eigenvalue weighted by atomic mass is 35.5. The zero-order valence-electron chi connectivity index (χ0n) is 14.2. The monoisotopic (exact) mass is 400 g/mol. The zero-order valence-corrected chi connectivity index (χ0v) is 15.7. The summed E-state index contributed by atoms with van der Waals surface area (Å²) in [5.74, 6) is -2.58. The molecule has 0 spiro atoms. The van der Waals surface area contributed by atoms with Gasteiger partial charge in [-0.2, -0.15) is 0 Å². The summed E-state index contributed by atoms with van der Waals surface area (Å²) >= 11 is 5.64. The van der Waals surface area contributed by atoms with Gasteiger partial charge in [0.05, 0.1) is 10.6 Å². The number of rotatable bonds is 7. The minimum absolute atomic E-state index is 0.229. The number of aromatic carboxylic acids is 1. The summed E-state index contributed by atoms with van der Waals surface area (Å²) in [5.41, 5.74) is 0.654. The van der Waals surface area contributed by atoms with E-state index in [0.29, 0.717) is 12.1 Å². The van der Waals surface area contributed by atoms with Crippen LogP contribution in [0, 0.1) is 5.82 Å². The van der Waals surface area contributed by atoms with Gasteiger partial charge in [0.15, 0.2) is 0 Å². The first-order valence-electron chi connectivity index (χ1n) is 7.79. The Kier molecular flexibility index (Phi) is 6.09. The molecule has 0 aliphatic rings. The molecule has 0 heterocycles. The maximum Gasteiger partial charge on any atom is 0.337 e. The van der Waals surface area contributed by atoms with E-state index >= 15 is 0 Å². The average Bonchev–Trinajstić information content (AvgIpc) is 2.56. The first-order chi connectivity index (χ1) is 12.2. The molecule has 2 N–H and O–H groups in total. The van der Waals surface area contributed by atoms with Crippen LogP contribution in [0.4, 0.5) is 15.8 Å².